The van der Waals surface area contributed by atoms with Crippen molar-refractivity contribution in [3.63, 3.8) is 0 Å². The number of ether oxygens (including phenoxy) is 2. The molecule has 1 aliphatic rings. The molecular formula is C20H24N2O5S. The van der Waals surface area contributed by atoms with Gasteiger partial charge < -0.3 is 19.4 Å². The summed E-state index contributed by atoms with van der Waals surface area (Å²) in [5.74, 6) is -1.38. The summed E-state index contributed by atoms with van der Waals surface area (Å²) in [5, 5.41) is 2.03. The molecule has 0 bridgehead atoms. The van der Waals surface area contributed by atoms with Gasteiger partial charge in [0.25, 0.3) is 5.91 Å². The van der Waals surface area contributed by atoms with Crippen molar-refractivity contribution in [1.29, 1.82) is 0 Å². The summed E-state index contributed by atoms with van der Waals surface area (Å²) in [7, 11) is 0. The van der Waals surface area contributed by atoms with Crippen LogP contribution in [-0.2, 0) is 27.2 Å². The summed E-state index contributed by atoms with van der Waals surface area (Å²) in [6.45, 7) is 8.03. The molecule has 3 heterocycles. The number of nitrogens with zero attached hydrogens (tertiary/aromatic N) is 1. The van der Waals surface area contributed by atoms with Gasteiger partial charge in [-0.15, -0.1) is 11.3 Å². The molecule has 150 valence electrons. The normalized spacial score (nSPS) is 14.4. The molecule has 8 heteroatoms. The van der Waals surface area contributed by atoms with Gasteiger partial charge in [0, 0.05) is 23.7 Å². The zero-order valence-electron chi connectivity index (χ0n) is 16.5. The standard InChI is InChI=1S/C20H24N2O5S/c1-5-26-19(24)16-11(2)17(21-12(16)3)20(25)27-13(4)18(23)22-8-6-15-14(10-22)7-9-28-15/h7,9,13,21H,5-6,8,10H2,1-4H3. The minimum Gasteiger partial charge on any atom is -0.462 e. The van der Waals surface area contributed by atoms with E-state index in [1.54, 1.807) is 43.9 Å². The third kappa shape index (κ3) is 3.82. The van der Waals surface area contributed by atoms with Crippen LogP contribution in [0.1, 0.15) is 56.4 Å². The molecule has 0 fully saturated rings. The Kier molecular flexibility index (Phi) is 5.88. The Morgan fingerprint density at radius 1 is 1.29 bits per heavy atom. The lowest BCUT2D eigenvalue weighted by atomic mass is 10.1. The third-order valence-corrected chi connectivity index (χ3v) is 5.90. The molecule has 0 radical (unpaired) electrons. The topological polar surface area (TPSA) is 88.7 Å². The Labute approximate surface area is 167 Å². The van der Waals surface area contributed by atoms with Crippen molar-refractivity contribution in [2.24, 2.45) is 0 Å². The van der Waals surface area contributed by atoms with Gasteiger partial charge in [0.1, 0.15) is 5.69 Å². The first-order chi connectivity index (χ1) is 13.3. The smallest absolute Gasteiger partial charge is 0.355 e. The maximum Gasteiger partial charge on any atom is 0.355 e. The molecule has 0 saturated carbocycles. The summed E-state index contributed by atoms with van der Waals surface area (Å²) >= 11 is 1.70. The van der Waals surface area contributed by atoms with Gasteiger partial charge in [-0.3, -0.25) is 4.79 Å². The first-order valence-electron chi connectivity index (χ1n) is 9.24. The fraction of sp³-hybridized carbons (Fsp3) is 0.450. The van der Waals surface area contributed by atoms with E-state index >= 15 is 0 Å². The van der Waals surface area contributed by atoms with E-state index < -0.39 is 18.0 Å². The molecule has 28 heavy (non-hydrogen) atoms. The number of rotatable bonds is 5. The lowest BCUT2D eigenvalue weighted by Gasteiger charge is -2.29. The number of fused-ring (bicyclic) bond motifs is 1. The summed E-state index contributed by atoms with van der Waals surface area (Å²) in [6, 6.07) is 2.03. The lowest BCUT2D eigenvalue weighted by Crippen LogP contribution is -2.42. The van der Waals surface area contributed by atoms with E-state index in [4.69, 9.17) is 9.47 Å². The highest BCUT2D eigenvalue weighted by atomic mass is 32.1. The van der Waals surface area contributed by atoms with Crippen molar-refractivity contribution in [3.05, 3.63) is 44.4 Å². The second kappa shape index (κ2) is 8.18. The second-order valence-corrected chi connectivity index (χ2v) is 7.77. The second-order valence-electron chi connectivity index (χ2n) is 6.77. The number of aromatic amines is 1. The van der Waals surface area contributed by atoms with Gasteiger partial charge in [0.2, 0.25) is 0 Å². The van der Waals surface area contributed by atoms with Crippen molar-refractivity contribution in [1.82, 2.24) is 9.88 Å². The number of aryl methyl sites for hydroxylation is 1. The highest BCUT2D eigenvalue weighted by Crippen LogP contribution is 2.25. The average molecular weight is 404 g/mol. The Morgan fingerprint density at radius 3 is 2.75 bits per heavy atom. The number of amides is 1. The van der Waals surface area contributed by atoms with E-state index in [-0.39, 0.29) is 18.2 Å². The highest BCUT2D eigenvalue weighted by Gasteiger charge is 2.30. The largest absolute Gasteiger partial charge is 0.462 e. The van der Waals surface area contributed by atoms with Crippen LogP contribution in [0.3, 0.4) is 0 Å². The van der Waals surface area contributed by atoms with Gasteiger partial charge in [-0.1, -0.05) is 0 Å². The molecule has 1 unspecified atom stereocenters. The van der Waals surface area contributed by atoms with Crippen LogP contribution in [0.15, 0.2) is 11.4 Å². The molecule has 3 rings (SSSR count). The number of esters is 2. The maximum absolute atomic E-state index is 12.7. The molecule has 0 aromatic carbocycles. The van der Waals surface area contributed by atoms with E-state index in [2.05, 4.69) is 4.98 Å². The third-order valence-electron chi connectivity index (χ3n) is 4.87. The van der Waals surface area contributed by atoms with E-state index in [0.29, 0.717) is 29.9 Å². The fourth-order valence-corrected chi connectivity index (χ4v) is 4.32. The van der Waals surface area contributed by atoms with Crippen LogP contribution >= 0.6 is 11.3 Å². The van der Waals surface area contributed by atoms with Crippen LogP contribution in [0, 0.1) is 13.8 Å². The number of hydrogen-bond donors (Lipinski definition) is 1. The van der Waals surface area contributed by atoms with E-state index in [1.165, 1.54) is 4.88 Å². The number of carbonyl (C=O) groups excluding carboxylic acids is 3. The molecule has 0 spiro atoms. The van der Waals surface area contributed by atoms with E-state index in [9.17, 15) is 14.4 Å². The van der Waals surface area contributed by atoms with Crippen LogP contribution in [0.2, 0.25) is 0 Å². The number of H-pyrrole nitrogens is 1. The molecule has 1 atom stereocenters. The van der Waals surface area contributed by atoms with E-state index in [1.807, 2.05) is 11.4 Å². The summed E-state index contributed by atoms with van der Waals surface area (Å²) in [5.41, 5.74) is 2.63. The average Bonchev–Trinajstić information content (AvgIpc) is 3.24. The van der Waals surface area contributed by atoms with Crippen molar-refractivity contribution in [3.8, 4) is 0 Å². The van der Waals surface area contributed by atoms with E-state index in [0.717, 1.165) is 12.0 Å². The van der Waals surface area contributed by atoms with Gasteiger partial charge in [0.15, 0.2) is 6.10 Å². The maximum atomic E-state index is 12.7. The molecular weight excluding hydrogens is 380 g/mol. The van der Waals surface area contributed by atoms with Crippen LogP contribution in [0.25, 0.3) is 0 Å². The number of hydrogen-bond acceptors (Lipinski definition) is 6. The monoisotopic (exact) mass is 404 g/mol. The highest BCUT2D eigenvalue weighted by molar-refractivity contribution is 7.10. The molecule has 7 nitrogen and oxygen atoms in total. The summed E-state index contributed by atoms with van der Waals surface area (Å²) < 4.78 is 10.4. The quantitative estimate of drug-likeness (QED) is 0.774. The van der Waals surface area contributed by atoms with Crippen LogP contribution < -0.4 is 0 Å². The molecule has 2 aromatic heterocycles. The van der Waals surface area contributed by atoms with Gasteiger partial charge in [-0.25, -0.2) is 9.59 Å². The summed E-state index contributed by atoms with van der Waals surface area (Å²) in [4.78, 5) is 43.3. The van der Waals surface area contributed by atoms with Crippen molar-refractivity contribution >= 4 is 29.2 Å². The minimum absolute atomic E-state index is 0.166. The van der Waals surface area contributed by atoms with Crippen molar-refractivity contribution in [2.75, 3.05) is 13.2 Å². The Morgan fingerprint density at radius 2 is 2.04 bits per heavy atom. The zero-order chi connectivity index (χ0) is 20.4. The first kappa shape index (κ1) is 20.1. The SMILES string of the molecule is CCOC(=O)c1c(C)[nH]c(C(=O)OC(C)C(=O)N2CCc3sccc3C2)c1C. The number of nitrogens with one attached hydrogen (secondary N) is 1. The van der Waals surface area contributed by atoms with Crippen LogP contribution in [0.5, 0.6) is 0 Å². The molecule has 2 aromatic rings. The minimum atomic E-state index is -0.915. The van der Waals surface area contributed by atoms with Crippen LogP contribution in [-0.4, -0.2) is 47.0 Å². The Hall–Kier alpha value is -2.61. The Balaban J connectivity index is 1.68. The Bertz CT molecular complexity index is 914. The molecule has 1 N–H and O–H groups in total. The lowest BCUT2D eigenvalue weighted by molar-refractivity contribution is -0.140. The molecule has 1 aliphatic heterocycles. The van der Waals surface area contributed by atoms with Gasteiger partial charge >= 0.3 is 11.9 Å². The van der Waals surface area contributed by atoms with Gasteiger partial charge in [-0.05, 0) is 56.7 Å². The first-order valence-corrected chi connectivity index (χ1v) is 10.1. The predicted molar refractivity (Wildman–Crippen MR) is 105 cm³/mol. The predicted octanol–water partition coefficient (Wildman–Crippen LogP) is 3.00. The number of carbonyl (C=O) groups is 3. The van der Waals surface area contributed by atoms with Gasteiger partial charge in [0.05, 0.1) is 12.2 Å². The zero-order valence-corrected chi connectivity index (χ0v) is 17.3. The number of aromatic nitrogens is 1. The van der Waals surface area contributed by atoms with Crippen molar-refractivity contribution < 1.29 is 23.9 Å². The van der Waals surface area contributed by atoms with Crippen molar-refractivity contribution in [2.45, 2.75) is 46.8 Å². The summed E-state index contributed by atoms with van der Waals surface area (Å²) in [6.07, 6.45) is -0.0984. The van der Waals surface area contributed by atoms with Crippen LogP contribution in [0.4, 0.5) is 0 Å². The molecule has 1 amide bonds. The molecule has 0 saturated heterocycles. The number of thiophene rings is 1. The fourth-order valence-electron chi connectivity index (χ4n) is 3.43. The van der Waals surface area contributed by atoms with Gasteiger partial charge in [-0.2, -0.15) is 0 Å². The molecule has 0 aliphatic carbocycles.